The quantitative estimate of drug-likeness (QED) is 0.807. The molecule has 3 rings (SSSR count). The lowest BCUT2D eigenvalue weighted by Gasteiger charge is -2.32. The molecule has 1 fully saturated rings. The fraction of sp³-hybridized carbons (Fsp3) is 0.350. The Hall–Kier alpha value is -2.07. The molecule has 1 aliphatic heterocycles. The van der Waals surface area contributed by atoms with Crippen LogP contribution in [0.3, 0.4) is 0 Å². The number of nitrogens with one attached hydrogen (secondary N) is 2. The topological polar surface area (TPSA) is 27.3 Å². The maximum absolute atomic E-state index is 5.37. The summed E-state index contributed by atoms with van der Waals surface area (Å²) >= 11 is 5.37. The average Bonchev–Trinajstić information content (AvgIpc) is 2.62. The molecule has 0 aromatic heterocycles. The second-order valence-corrected chi connectivity index (χ2v) is 6.92. The second-order valence-electron chi connectivity index (χ2n) is 6.51. The molecule has 1 saturated heterocycles. The number of hydrogen-bond donors (Lipinski definition) is 2. The molecule has 0 aliphatic carbocycles. The predicted molar refractivity (Wildman–Crippen MR) is 107 cm³/mol. The van der Waals surface area contributed by atoms with Gasteiger partial charge in [0.1, 0.15) is 0 Å². The summed E-state index contributed by atoms with van der Waals surface area (Å²) in [6, 6.07) is 18.8. The number of thiocarbonyl (C=S) groups is 1. The van der Waals surface area contributed by atoms with Gasteiger partial charge in [-0.3, -0.25) is 0 Å². The van der Waals surface area contributed by atoms with Crippen LogP contribution >= 0.6 is 12.2 Å². The van der Waals surface area contributed by atoms with Crippen molar-refractivity contribution in [2.45, 2.75) is 26.3 Å². The van der Waals surface area contributed by atoms with E-state index >= 15 is 0 Å². The molecule has 4 heteroatoms. The van der Waals surface area contributed by atoms with Gasteiger partial charge in [0.2, 0.25) is 0 Å². The number of nitrogens with zero attached hydrogens (tertiary/aromatic N) is 1. The monoisotopic (exact) mass is 339 g/mol. The Labute approximate surface area is 150 Å². The van der Waals surface area contributed by atoms with Gasteiger partial charge < -0.3 is 15.5 Å². The van der Waals surface area contributed by atoms with E-state index in [-0.39, 0.29) is 0 Å². The van der Waals surface area contributed by atoms with Crippen LogP contribution in [0.1, 0.15) is 25.3 Å². The molecule has 0 saturated carbocycles. The number of hydrogen-bond acceptors (Lipinski definition) is 2. The number of benzene rings is 2. The van der Waals surface area contributed by atoms with Crippen LogP contribution in [0, 0.1) is 5.92 Å². The molecule has 1 heterocycles. The lowest BCUT2D eigenvalue weighted by atomic mass is 9.99. The van der Waals surface area contributed by atoms with E-state index in [0.29, 0.717) is 5.11 Å². The largest absolute Gasteiger partial charge is 0.372 e. The lowest BCUT2D eigenvalue weighted by Crippen LogP contribution is -2.32. The van der Waals surface area contributed by atoms with Gasteiger partial charge in [-0.2, -0.15) is 0 Å². The molecule has 0 amide bonds. The van der Waals surface area contributed by atoms with Gasteiger partial charge in [0.25, 0.3) is 0 Å². The van der Waals surface area contributed by atoms with Crippen LogP contribution in [-0.2, 0) is 6.54 Å². The first-order valence-electron chi connectivity index (χ1n) is 8.64. The highest BCUT2D eigenvalue weighted by Gasteiger charge is 2.15. The molecule has 2 aromatic rings. The molecule has 0 atom stereocenters. The van der Waals surface area contributed by atoms with Crippen molar-refractivity contribution < 1.29 is 0 Å². The van der Waals surface area contributed by atoms with Crippen LogP contribution < -0.4 is 15.5 Å². The Balaban J connectivity index is 1.49. The molecule has 0 bridgehead atoms. The molecular weight excluding hydrogens is 314 g/mol. The zero-order chi connectivity index (χ0) is 16.8. The summed E-state index contributed by atoms with van der Waals surface area (Å²) in [7, 11) is 0. The van der Waals surface area contributed by atoms with Crippen molar-refractivity contribution in [2.75, 3.05) is 23.3 Å². The van der Waals surface area contributed by atoms with Crippen LogP contribution in [0.5, 0.6) is 0 Å². The molecule has 126 valence electrons. The zero-order valence-corrected chi connectivity index (χ0v) is 15.0. The van der Waals surface area contributed by atoms with E-state index in [0.717, 1.165) is 31.2 Å². The first-order valence-corrected chi connectivity index (χ1v) is 9.05. The SMILES string of the molecule is CC1CCN(c2ccc(NC(=S)NCc3ccccc3)cc2)CC1. The predicted octanol–water partition coefficient (Wildman–Crippen LogP) is 4.41. The van der Waals surface area contributed by atoms with E-state index in [9.17, 15) is 0 Å². The van der Waals surface area contributed by atoms with E-state index in [1.807, 2.05) is 18.2 Å². The maximum Gasteiger partial charge on any atom is 0.171 e. The maximum atomic E-state index is 5.37. The Morgan fingerprint density at radius 2 is 1.71 bits per heavy atom. The van der Waals surface area contributed by atoms with Crippen molar-refractivity contribution in [1.29, 1.82) is 0 Å². The molecule has 1 aliphatic rings. The van der Waals surface area contributed by atoms with E-state index in [1.165, 1.54) is 24.1 Å². The van der Waals surface area contributed by atoms with Crippen molar-refractivity contribution >= 4 is 28.7 Å². The Bertz CT molecular complexity index is 646. The molecule has 24 heavy (non-hydrogen) atoms. The van der Waals surface area contributed by atoms with Crippen LogP contribution in [0.15, 0.2) is 54.6 Å². The minimum Gasteiger partial charge on any atom is -0.372 e. The van der Waals surface area contributed by atoms with E-state index in [2.05, 4.69) is 58.9 Å². The normalized spacial score (nSPS) is 15.1. The summed E-state index contributed by atoms with van der Waals surface area (Å²) in [5, 5.41) is 7.14. The molecule has 2 N–H and O–H groups in total. The molecule has 0 spiro atoms. The summed E-state index contributed by atoms with van der Waals surface area (Å²) in [4.78, 5) is 2.47. The van der Waals surface area contributed by atoms with Crippen molar-refractivity contribution in [3.8, 4) is 0 Å². The highest BCUT2D eigenvalue weighted by atomic mass is 32.1. The highest BCUT2D eigenvalue weighted by molar-refractivity contribution is 7.80. The Morgan fingerprint density at radius 3 is 2.38 bits per heavy atom. The van der Waals surface area contributed by atoms with E-state index in [1.54, 1.807) is 0 Å². The summed E-state index contributed by atoms with van der Waals surface area (Å²) in [5.74, 6) is 0.857. The van der Waals surface area contributed by atoms with Gasteiger partial charge in [0.15, 0.2) is 5.11 Å². The first kappa shape index (κ1) is 16.8. The molecule has 3 nitrogen and oxygen atoms in total. The molecule has 0 radical (unpaired) electrons. The minimum atomic E-state index is 0.651. The molecule has 2 aromatic carbocycles. The second kappa shape index (κ2) is 8.15. The van der Waals surface area contributed by atoms with Crippen LogP contribution in [0.2, 0.25) is 0 Å². The number of piperidine rings is 1. The van der Waals surface area contributed by atoms with E-state index in [4.69, 9.17) is 12.2 Å². The van der Waals surface area contributed by atoms with Crippen molar-refractivity contribution in [2.24, 2.45) is 5.92 Å². The molecule has 0 unspecified atom stereocenters. The number of rotatable bonds is 4. The highest BCUT2D eigenvalue weighted by Crippen LogP contribution is 2.24. The summed E-state index contributed by atoms with van der Waals surface area (Å²) in [5.41, 5.74) is 3.54. The van der Waals surface area contributed by atoms with E-state index < -0.39 is 0 Å². The van der Waals surface area contributed by atoms with Gasteiger partial charge in [-0.15, -0.1) is 0 Å². The molecular formula is C20H25N3S. The fourth-order valence-electron chi connectivity index (χ4n) is 2.98. The minimum absolute atomic E-state index is 0.651. The van der Waals surface area contributed by atoms with Crippen LogP contribution in [0.4, 0.5) is 11.4 Å². The average molecular weight is 340 g/mol. The van der Waals surface area contributed by atoms with Crippen molar-refractivity contribution in [3.05, 3.63) is 60.2 Å². The van der Waals surface area contributed by atoms with Gasteiger partial charge in [0, 0.05) is 31.0 Å². The first-order chi connectivity index (χ1) is 11.7. The Morgan fingerprint density at radius 1 is 1.04 bits per heavy atom. The third-order valence-electron chi connectivity index (χ3n) is 4.57. The van der Waals surface area contributed by atoms with Gasteiger partial charge in [-0.25, -0.2) is 0 Å². The number of anilines is 2. The third-order valence-corrected chi connectivity index (χ3v) is 4.82. The third kappa shape index (κ3) is 4.71. The van der Waals surface area contributed by atoms with Gasteiger partial charge >= 0.3 is 0 Å². The van der Waals surface area contributed by atoms with Crippen LogP contribution in [-0.4, -0.2) is 18.2 Å². The summed E-state index contributed by atoms with van der Waals surface area (Å²) in [6.45, 7) is 5.39. The standard InChI is InChI=1S/C20H25N3S/c1-16-11-13-23(14-12-16)19-9-7-18(8-10-19)22-20(24)21-15-17-5-3-2-4-6-17/h2-10,16H,11-15H2,1H3,(H2,21,22,24). The lowest BCUT2D eigenvalue weighted by molar-refractivity contribution is 0.438. The van der Waals surface area contributed by atoms with Gasteiger partial charge in [-0.1, -0.05) is 37.3 Å². The fourth-order valence-corrected chi connectivity index (χ4v) is 3.17. The van der Waals surface area contributed by atoms with Crippen LogP contribution in [0.25, 0.3) is 0 Å². The Kier molecular flexibility index (Phi) is 5.70. The van der Waals surface area contributed by atoms with Crippen molar-refractivity contribution in [1.82, 2.24) is 5.32 Å². The zero-order valence-electron chi connectivity index (χ0n) is 14.2. The smallest absolute Gasteiger partial charge is 0.171 e. The van der Waals surface area contributed by atoms with Gasteiger partial charge in [0.05, 0.1) is 0 Å². The van der Waals surface area contributed by atoms with Crippen molar-refractivity contribution in [3.63, 3.8) is 0 Å². The summed E-state index contributed by atoms with van der Waals surface area (Å²) < 4.78 is 0. The van der Waals surface area contributed by atoms with Gasteiger partial charge in [-0.05, 0) is 60.8 Å². The summed E-state index contributed by atoms with van der Waals surface area (Å²) in [6.07, 6.45) is 2.57.